The number of nitrogens with zero attached hydrogens (tertiary/aromatic N) is 4. The number of hydrogen-bond acceptors (Lipinski definition) is 5. The molecule has 0 unspecified atom stereocenters. The van der Waals surface area contributed by atoms with Gasteiger partial charge in [0.15, 0.2) is 17.4 Å². The lowest BCUT2D eigenvalue weighted by Crippen LogP contribution is -2.40. The largest absolute Gasteiger partial charge is 0.357 e. The quantitative estimate of drug-likeness (QED) is 0.368. The van der Waals surface area contributed by atoms with Crippen LogP contribution in [0.1, 0.15) is 18.3 Å². The monoisotopic (exact) mass is 433 g/mol. The topological polar surface area (TPSA) is 113 Å². The van der Waals surface area contributed by atoms with E-state index in [-0.39, 0.29) is 24.5 Å². The van der Waals surface area contributed by atoms with Crippen LogP contribution in [0.25, 0.3) is 5.65 Å². The van der Waals surface area contributed by atoms with Crippen LogP contribution in [0, 0.1) is 12.7 Å². The number of halogens is 1. The molecule has 0 aliphatic rings. The Morgan fingerprint density at radius 2 is 2.03 bits per heavy atom. The van der Waals surface area contributed by atoms with Crippen LogP contribution in [-0.4, -0.2) is 47.8 Å². The fraction of sp³-hybridized carbons (Fsp3) is 0.316. The molecule has 0 spiro atoms. The first-order valence-electron chi connectivity index (χ1n) is 9.45. The van der Waals surface area contributed by atoms with Crippen molar-refractivity contribution in [3.8, 4) is 0 Å². The summed E-state index contributed by atoms with van der Waals surface area (Å²) in [5.74, 6) is 0.456. The van der Waals surface area contributed by atoms with Gasteiger partial charge in [-0.15, -0.1) is 10.2 Å². The molecule has 0 amide bonds. The zero-order valence-electron chi connectivity index (χ0n) is 16.8. The first-order valence-corrected chi connectivity index (χ1v) is 11.1. The Morgan fingerprint density at radius 3 is 2.80 bits per heavy atom. The maximum atomic E-state index is 13.6. The summed E-state index contributed by atoms with van der Waals surface area (Å²) in [4.78, 5) is 4.44. The summed E-state index contributed by atoms with van der Waals surface area (Å²) in [5.41, 5.74) is 1.37. The molecule has 2 heterocycles. The van der Waals surface area contributed by atoms with Gasteiger partial charge in [-0.2, -0.15) is 0 Å². The van der Waals surface area contributed by atoms with Crippen molar-refractivity contribution in [1.82, 2.24) is 25.2 Å². The number of hydrogen-bond donors (Lipinski definition) is 3. The van der Waals surface area contributed by atoms with E-state index < -0.39 is 15.8 Å². The van der Waals surface area contributed by atoms with E-state index in [0.29, 0.717) is 23.9 Å². The number of anilines is 1. The summed E-state index contributed by atoms with van der Waals surface area (Å²) in [6.45, 7) is 4.53. The Morgan fingerprint density at radius 1 is 1.20 bits per heavy atom. The predicted molar refractivity (Wildman–Crippen MR) is 114 cm³/mol. The highest BCUT2D eigenvalue weighted by Crippen LogP contribution is 2.14. The van der Waals surface area contributed by atoms with Gasteiger partial charge in [-0.1, -0.05) is 12.1 Å². The fourth-order valence-corrected chi connectivity index (χ4v) is 3.64. The van der Waals surface area contributed by atoms with E-state index in [1.807, 2.05) is 35.7 Å². The molecule has 3 rings (SSSR count). The standard InChI is InChI=1S/C19H24FN7O2S/c1-3-21-19(23-13-18-25-24-17-6-4-5-10-27(17)18)22-9-11-30(28,29)26-15-8-7-14(2)16(20)12-15/h4-8,10,12,26H,3,9,11,13H2,1-2H3,(H2,21,22,23). The third-order valence-corrected chi connectivity index (χ3v) is 5.50. The number of nitrogens with one attached hydrogen (secondary N) is 3. The second-order valence-corrected chi connectivity index (χ2v) is 8.39. The average molecular weight is 434 g/mol. The maximum Gasteiger partial charge on any atom is 0.234 e. The second-order valence-electron chi connectivity index (χ2n) is 6.55. The number of fused-ring (bicyclic) bond motifs is 1. The highest BCUT2D eigenvalue weighted by molar-refractivity contribution is 7.92. The Bertz CT molecular complexity index is 1140. The van der Waals surface area contributed by atoms with Gasteiger partial charge in [0.05, 0.1) is 11.4 Å². The number of benzene rings is 1. The van der Waals surface area contributed by atoms with Gasteiger partial charge in [-0.25, -0.2) is 17.8 Å². The van der Waals surface area contributed by atoms with Gasteiger partial charge in [-0.05, 0) is 43.7 Å². The molecule has 0 bridgehead atoms. The van der Waals surface area contributed by atoms with E-state index in [4.69, 9.17) is 0 Å². The molecule has 2 aromatic heterocycles. The molecule has 0 aliphatic heterocycles. The number of pyridine rings is 1. The third kappa shape index (κ3) is 5.66. The summed E-state index contributed by atoms with van der Waals surface area (Å²) >= 11 is 0. The van der Waals surface area contributed by atoms with E-state index in [9.17, 15) is 12.8 Å². The molecular formula is C19H24FN7O2S. The molecule has 0 saturated carbocycles. The van der Waals surface area contributed by atoms with Crippen molar-refractivity contribution in [3.63, 3.8) is 0 Å². The zero-order valence-corrected chi connectivity index (χ0v) is 17.6. The lowest BCUT2D eigenvalue weighted by atomic mass is 10.2. The van der Waals surface area contributed by atoms with Crippen molar-refractivity contribution in [2.75, 3.05) is 23.6 Å². The van der Waals surface area contributed by atoms with Crippen LogP contribution in [0.15, 0.2) is 47.6 Å². The Kier molecular flexibility index (Phi) is 6.83. The second kappa shape index (κ2) is 9.53. The minimum Gasteiger partial charge on any atom is -0.357 e. The molecule has 3 aromatic rings. The Hall–Kier alpha value is -3.21. The van der Waals surface area contributed by atoms with Gasteiger partial charge in [0.1, 0.15) is 12.4 Å². The summed E-state index contributed by atoms with van der Waals surface area (Å²) in [6, 6.07) is 9.82. The maximum absolute atomic E-state index is 13.6. The number of aromatic nitrogens is 3. The van der Waals surface area contributed by atoms with Crippen LogP contribution in [0.5, 0.6) is 0 Å². The van der Waals surface area contributed by atoms with Gasteiger partial charge in [-0.3, -0.25) is 9.12 Å². The Balaban J connectivity index is 1.58. The molecule has 160 valence electrons. The first-order chi connectivity index (χ1) is 14.4. The van der Waals surface area contributed by atoms with Gasteiger partial charge in [0, 0.05) is 19.3 Å². The van der Waals surface area contributed by atoms with E-state index in [2.05, 4.69) is 30.5 Å². The molecule has 30 heavy (non-hydrogen) atoms. The third-order valence-electron chi connectivity index (χ3n) is 4.22. The SMILES string of the molecule is CCNC(=NCc1nnc2ccccn12)NCCS(=O)(=O)Nc1ccc(C)c(F)c1. The van der Waals surface area contributed by atoms with Crippen LogP contribution in [-0.2, 0) is 16.6 Å². The predicted octanol–water partition coefficient (Wildman–Crippen LogP) is 1.67. The van der Waals surface area contributed by atoms with Gasteiger partial charge in [0.25, 0.3) is 0 Å². The average Bonchev–Trinajstić information content (AvgIpc) is 3.12. The molecule has 0 saturated heterocycles. The number of rotatable bonds is 8. The zero-order chi connectivity index (χ0) is 21.6. The Labute approximate surface area is 174 Å². The molecule has 3 N–H and O–H groups in total. The lowest BCUT2D eigenvalue weighted by molar-refractivity contribution is 0.599. The fourth-order valence-electron chi connectivity index (χ4n) is 2.68. The number of sulfonamides is 1. The highest BCUT2D eigenvalue weighted by Gasteiger charge is 2.12. The molecule has 11 heteroatoms. The minimum absolute atomic E-state index is 0.121. The van der Waals surface area contributed by atoms with Crippen molar-refractivity contribution in [2.24, 2.45) is 4.99 Å². The summed E-state index contributed by atoms with van der Waals surface area (Å²) in [5, 5.41) is 14.2. The normalized spacial score (nSPS) is 12.2. The molecular weight excluding hydrogens is 409 g/mol. The lowest BCUT2D eigenvalue weighted by Gasteiger charge is -2.12. The first kappa shape index (κ1) is 21.5. The van der Waals surface area contributed by atoms with Crippen LogP contribution in [0.2, 0.25) is 0 Å². The smallest absolute Gasteiger partial charge is 0.234 e. The van der Waals surface area contributed by atoms with Crippen LogP contribution in [0.4, 0.5) is 10.1 Å². The number of guanidine groups is 1. The highest BCUT2D eigenvalue weighted by atomic mass is 32.2. The van der Waals surface area contributed by atoms with E-state index in [1.54, 1.807) is 6.92 Å². The number of aryl methyl sites for hydroxylation is 1. The molecule has 9 nitrogen and oxygen atoms in total. The van der Waals surface area contributed by atoms with Gasteiger partial charge in [0.2, 0.25) is 10.0 Å². The van der Waals surface area contributed by atoms with Crippen molar-refractivity contribution in [1.29, 1.82) is 0 Å². The van der Waals surface area contributed by atoms with Gasteiger partial charge >= 0.3 is 0 Å². The molecule has 0 fully saturated rings. The van der Waals surface area contributed by atoms with E-state index in [1.165, 1.54) is 12.1 Å². The van der Waals surface area contributed by atoms with Crippen LogP contribution < -0.4 is 15.4 Å². The molecule has 0 atom stereocenters. The van der Waals surface area contributed by atoms with Crippen molar-refractivity contribution < 1.29 is 12.8 Å². The van der Waals surface area contributed by atoms with Gasteiger partial charge < -0.3 is 10.6 Å². The summed E-state index contributed by atoms with van der Waals surface area (Å²) < 4.78 is 42.4. The minimum atomic E-state index is -3.65. The molecule has 1 aromatic carbocycles. The molecule has 0 radical (unpaired) electrons. The van der Waals surface area contributed by atoms with Crippen molar-refractivity contribution in [2.45, 2.75) is 20.4 Å². The van der Waals surface area contributed by atoms with Crippen molar-refractivity contribution in [3.05, 3.63) is 59.8 Å². The van der Waals surface area contributed by atoms with E-state index in [0.717, 1.165) is 11.7 Å². The van der Waals surface area contributed by atoms with Crippen molar-refractivity contribution >= 4 is 27.3 Å². The number of aliphatic imine (C=N–C) groups is 1. The summed E-state index contributed by atoms with van der Waals surface area (Å²) in [7, 11) is -3.65. The van der Waals surface area contributed by atoms with E-state index >= 15 is 0 Å². The van der Waals surface area contributed by atoms with Crippen LogP contribution in [0.3, 0.4) is 0 Å². The summed E-state index contributed by atoms with van der Waals surface area (Å²) in [6.07, 6.45) is 1.85. The van der Waals surface area contributed by atoms with Crippen LogP contribution >= 0.6 is 0 Å². The molecule has 0 aliphatic carbocycles.